The molecule has 3 N–H and O–H groups in total. The average Bonchev–Trinajstić information content (AvgIpc) is 2.87. The van der Waals surface area contributed by atoms with Crippen molar-refractivity contribution in [3.63, 3.8) is 0 Å². The van der Waals surface area contributed by atoms with Crippen LogP contribution in [0.15, 0.2) is 87.0 Å². The van der Waals surface area contributed by atoms with Crippen LogP contribution in [-0.2, 0) is 16.3 Å². The third-order valence-electron chi connectivity index (χ3n) is 6.53. The third kappa shape index (κ3) is 8.26. The lowest BCUT2D eigenvalue weighted by Gasteiger charge is -2.28. The SMILES string of the molecule is C=C(CC(CCCC(CCC)(Cc1ccccc1)N=N)N=N)CC(N=N)S(=O)(=O)c1ccc(C)cc1. The molecule has 3 unspecified atom stereocenters. The number of nitrogens with zero attached hydrogens (tertiary/aromatic N) is 3. The van der Waals surface area contributed by atoms with Crippen LogP contribution in [0.4, 0.5) is 0 Å². The minimum Gasteiger partial charge on any atom is -0.221 e. The lowest BCUT2D eigenvalue weighted by molar-refractivity contribution is 0.321. The Kier molecular flexibility index (Phi) is 11.2. The average molecular weight is 511 g/mol. The molecule has 9 heteroatoms. The summed E-state index contributed by atoms with van der Waals surface area (Å²) in [7, 11) is -3.81. The Hall–Kier alpha value is -3.07. The minimum absolute atomic E-state index is 0.0154. The van der Waals surface area contributed by atoms with Crippen molar-refractivity contribution in [3.05, 3.63) is 77.9 Å². The molecular weight excluding hydrogens is 472 g/mol. The molecule has 0 aliphatic rings. The maximum Gasteiger partial charge on any atom is 0.203 e. The van der Waals surface area contributed by atoms with Gasteiger partial charge in [-0.3, -0.25) is 0 Å². The van der Waals surface area contributed by atoms with E-state index in [0.717, 1.165) is 30.4 Å². The standard InChI is InChI=1S/C27H38N6O2S/c1-4-16-27(33-30,20-23-9-6-5-7-10-23)17-8-11-24(31-28)18-22(3)19-26(32-29)36(34,35)25-14-12-21(2)13-15-25/h5-7,9-10,12-15,24,26,28-30H,3-4,8,11,16-20H2,1-2H3. The van der Waals surface area contributed by atoms with E-state index in [1.165, 1.54) is 12.1 Å². The van der Waals surface area contributed by atoms with E-state index in [9.17, 15) is 8.42 Å². The second-order valence-corrected chi connectivity index (χ2v) is 11.6. The summed E-state index contributed by atoms with van der Waals surface area (Å²) in [5, 5.41) is 9.95. The first-order valence-corrected chi connectivity index (χ1v) is 13.9. The maximum absolute atomic E-state index is 12.9. The van der Waals surface area contributed by atoms with Gasteiger partial charge in [0.1, 0.15) is 0 Å². The first-order valence-electron chi connectivity index (χ1n) is 12.3. The van der Waals surface area contributed by atoms with Crippen molar-refractivity contribution < 1.29 is 8.42 Å². The summed E-state index contributed by atoms with van der Waals surface area (Å²) in [6.07, 6.45) is 4.87. The van der Waals surface area contributed by atoms with Crippen LogP contribution in [0, 0.1) is 23.5 Å². The molecule has 8 nitrogen and oxygen atoms in total. The van der Waals surface area contributed by atoms with E-state index in [4.69, 9.17) is 16.6 Å². The molecule has 194 valence electrons. The van der Waals surface area contributed by atoms with Crippen LogP contribution < -0.4 is 0 Å². The highest BCUT2D eigenvalue weighted by Crippen LogP contribution is 2.31. The second kappa shape index (κ2) is 13.9. The van der Waals surface area contributed by atoms with Crippen LogP contribution in [0.5, 0.6) is 0 Å². The van der Waals surface area contributed by atoms with Gasteiger partial charge in [0.25, 0.3) is 0 Å². The summed E-state index contributed by atoms with van der Waals surface area (Å²) in [5.74, 6) is 0. The fourth-order valence-electron chi connectivity index (χ4n) is 4.55. The first-order chi connectivity index (χ1) is 17.2. The molecule has 0 heterocycles. The molecule has 3 atom stereocenters. The summed E-state index contributed by atoms with van der Waals surface area (Å²) in [6, 6.07) is 16.2. The number of hydrogen-bond acceptors (Lipinski definition) is 8. The van der Waals surface area contributed by atoms with Crippen molar-refractivity contribution in [2.45, 2.75) is 87.1 Å². The van der Waals surface area contributed by atoms with Gasteiger partial charge in [-0.2, -0.15) is 15.3 Å². The zero-order valence-electron chi connectivity index (χ0n) is 21.3. The van der Waals surface area contributed by atoms with Gasteiger partial charge in [-0.05, 0) is 63.1 Å². The molecular formula is C27H38N6O2S. The normalized spacial score (nSPS) is 14.8. The van der Waals surface area contributed by atoms with Gasteiger partial charge in [0.2, 0.25) is 9.84 Å². The highest BCUT2D eigenvalue weighted by Gasteiger charge is 2.30. The monoisotopic (exact) mass is 510 g/mol. The largest absolute Gasteiger partial charge is 0.221 e. The lowest BCUT2D eigenvalue weighted by atomic mass is 9.82. The van der Waals surface area contributed by atoms with Gasteiger partial charge in [0, 0.05) is 6.42 Å². The molecule has 0 saturated carbocycles. The maximum atomic E-state index is 12.9. The molecule has 0 saturated heterocycles. The van der Waals surface area contributed by atoms with Crippen LogP contribution in [0.25, 0.3) is 0 Å². The third-order valence-corrected chi connectivity index (χ3v) is 8.45. The Labute approximate surface area is 215 Å². The fraction of sp³-hybridized carbons (Fsp3) is 0.481. The van der Waals surface area contributed by atoms with Gasteiger partial charge < -0.3 is 0 Å². The summed E-state index contributed by atoms with van der Waals surface area (Å²) in [5.41, 5.74) is 25.2. The molecule has 2 aromatic carbocycles. The zero-order chi connectivity index (χ0) is 26.6. The Morgan fingerprint density at radius 2 is 1.64 bits per heavy atom. The smallest absolute Gasteiger partial charge is 0.203 e. The highest BCUT2D eigenvalue weighted by atomic mass is 32.2. The topological polar surface area (TPSA) is 143 Å². The molecule has 2 aromatic rings. The summed E-state index contributed by atoms with van der Waals surface area (Å²) < 4.78 is 25.9. The van der Waals surface area contributed by atoms with Crippen molar-refractivity contribution in [2.75, 3.05) is 0 Å². The Morgan fingerprint density at radius 1 is 0.972 bits per heavy atom. The van der Waals surface area contributed by atoms with Crippen LogP contribution in [0.3, 0.4) is 0 Å². The van der Waals surface area contributed by atoms with Gasteiger partial charge in [-0.1, -0.05) is 73.5 Å². The first kappa shape index (κ1) is 29.2. The van der Waals surface area contributed by atoms with Crippen LogP contribution in [0.2, 0.25) is 0 Å². The molecule has 36 heavy (non-hydrogen) atoms. The van der Waals surface area contributed by atoms with Gasteiger partial charge >= 0.3 is 0 Å². The molecule has 0 spiro atoms. The van der Waals surface area contributed by atoms with Crippen molar-refractivity contribution in [3.8, 4) is 0 Å². The fourth-order valence-corrected chi connectivity index (χ4v) is 5.97. The summed E-state index contributed by atoms with van der Waals surface area (Å²) in [4.78, 5) is 0.133. The van der Waals surface area contributed by atoms with Crippen LogP contribution >= 0.6 is 0 Å². The van der Waals surface area contributed by atoms with Crippen molar-refractivity contribution in [1.29, 1.82) is 16.6 Å². The second-order valence-electron chi connectivity index (χ2n) is 9.52. The number of nitrogens with one attached hydrogen (secondary N) is 3. The molecule has 0 amide bonds. The highest BCUT2D eigenvalue weighted by molar-refractivity contribution is 7.92. The van der Waals surface area contributed by atoms with E-state index in [-0.39, 0.29) is 17.4 Å². The molecule has 0 bridgehead atoms. The van der Waals surface area contributed by atoms with E-state index < -0.39 is 20.8 Å². The predicted molar refractivity (Wildman–Crippen MR) is 141 cm³/mol. The summed E-state index contributed by atoms with van der Waals surface area (Å²) >= 11 is 0. The Bertz CT molecular complexity index is 1120. The molecule has 0 aromatic heterocycles. The summed E-state index contributed by atoms with van der Waals surface area (Å²) in [6.45, 7) is 7.98. The minimum atomic E-state index is -3.81. The number of rotatable bonds is 17. The van der Waals surface area contributed by atoms with Crippen LogP contribution in [-0.4, -0.2) is 25.4 Å². The number of aryl methyl sites for hydroxylation is 1. The van der Waals surface area contributed by atoms with E-state index >= 15 is 0 Å². The number of sulfone groups is 1. The van der Waals surface area contributed by atoms with E-state index in [2.05, 4.69) is 41.0 Å². The van der Waals surface area contributed by atoms with Crippen molar-refractivity contribution in [2.24, 2.45) is 15.3 Å². The molecule has 0 fully saturated rings. The predicted octanol–water partition coefficient (Wildman–Crippen LogP) is 7.84. The molecule has 0 aliphatic heterocycles. The van der Waals surface area contributed by atoms with Gasteiger partial charge in [0.15, 0.2) is 5.37 Å². The van der Waals surface area contributed by atoms with Gasteiger partial charge in [-0.15, -0.1) is 0 Å². The quantitative estimate of drug-likeness (QED) is 0.147. The molecule has 2 rings (SSSR count). The van der Waals surface area contributed by atoms with Crippen LogP contribution in [0.1, 0.15) is 63.0 Å². The van der Waals surface area contributed by atoms with Crippen molar-refractivity contribution >= 4 is 9.84 Å². The van der Waals surface area contributed by atoms with Crippen molar-refractivity contribution in [1.82, 2.24) is 0 Å². The van der Waals surface area contributed by atoms with E-state index in [1.54, 1.807) is 12.1 Å². The lowest BCUT2D eigenvalue weighted by Crippen LogP contribution is -2.29. The number of hydrogen-bond donors (Lipinski definition) is 3. The Morgan fingerprint density at radius 3 is 2.19 bits per heavy atom. The molecule has 0 radical (unpaired) electrons. The molecule has 0 aliphatic carbocycles. The number of benzene rings is 2. The van der Waals surface area contributed by atoms with E-state index in [0.29, 0.717) is 31.3 Å². The van der Waals surface area contributed by atoms with Gasteiger partial charge in [-0.25, -0.2) is 25.0 Å². The van der Waals surface area contributed by atoms with E-state index in [1.807, 2.05) is 25.1 Å². The Balaban J connectivity index is 1.98. The zero-order valence-corrected chi connectivity index (χ0v) is 22.1. The van der Waals surface area contributed by atoms with Gasteiger partial charge in [0.05, 0.1) is 16.5 Å².